The van der Waals surface area contributed by atoms with E-state index in [4.69, 9.17) is 4.74 Å². The average molecular weight is 286 g/mol. The molecule has 108 valence electrons. The summed E-state index contributed by atoms with van der Waals surface area (Å²) in [5.74, 6) is 0.0915. The van der Waals surface area contributed by atoms with E-state index in [9.17, 15) is 14.9 Å². The number of ether oxygens (including phenoxy) is 1. The summed E-state index contributed by atoms with van der Waals surface area (Å²) in [6.45, 7) is 2.38. The molecule has 0 aliphatic carbocycles. The molecule has 0 heterocycles. The molecule has 0 aliphatic rings. The Kier molecular flexibility index (Phi) is 4.50. The Morgan fingerprint density at radius 1 is 1.24 bits per heavy atom. The third kappa shape index (κ3) is 3.56. The van der Waals surface area contributed by atoms with Gasteiger partial charge in [-0.2, -0.15) is 0 Å². The van der Waals surface area contributed by atoms with E-state index in [1.165, 1.54) is 18.2 Å². The van der Waals surface area contributed by atoms with Gasteiger partial charge in [0.1, 0.15) is 11.3 Å². The van der Waals surface area contributed by atoms with Gasteiger partial charge >= 0.3 is 0 Å². The predicted molar refractivity (Wildman–Crippen MR) is 78.7 cm³/mol. The second-order valence-electron chi connectivity index (χ2n) is 4.19. The summed E-state index contributed by atoms with van der Waals surface area (Å²) in [7, 11) is 0. The van der Waals surface area contributed by atoms with Crippen molar-refractivity contribution in [2.24, 2.45) is 0 Å². The Bertz CT molecular complexity index is 670. The van der Waals surface area contributed by atoms with Crippen molar-refractivity contribution in [2.75, 3.05) is 11.9 Å². The molecule has 0 fully saturated rings. The second kappa shape index (κ2) is 6.51. The topological polar surface area (TPSA) is 81.5 Å². The molecule has 0 unspecified atom stereocenters. The molecule has 2 aromatic rings. The fraction of sp³-hybridized carbons (Fsp3) is 0.133. The number of amides is 1. The van der Waals surface area contributed by atoms with Crippen LogP contribution in [0.4, 0.5) is 11.4 Å². The molecule has 0 aliphatic heterocycles. The highest BCUT2D eigenvalue weighted by Gasteiger charge is 2.19. The smallest absolute Gasteiger partial charge is 0.282 e. The summed E-state index contributed by atoms with van der Waals surface area (Å²) in [5.41, 5.74) is 0.310. The summed E-state index contributed by atoms with van der Waals surface area (Å²) in [6, 6.07) is 12.7. The molecule has 0 atom stereocenters. The first-order valence-electron chi connectivity index (χ1n) is 6.39. The summed E-state index contributed by atoms with van der Waals surface area (Å²) in [6.07, 6.45) is 0. The van der Waals surface area contributed by atoms with Gasteiger partial charge in [-0.1, -0.05) is 18.2 Å². The number of nitro groups is 1. The van der Waals surface area contributed by atoms with E-state index in [0.29, 0.717) is 18.0 Å². The number of hydrogen-bond acceptors (Lipinski definition) is 4. The van der Waals surface area contributed by atoms with Crippen molar-refractivity contribution >= 4 is 17.3 Å². The first-order valence-corrected chi connectivity index (χ1v) is 6.39. The van der Waals surface area contributed by atoms with Gasteiger partial charge in [-0.05, 0) is 25.1 Å². The highest BCUT2D eigenvalue weighted by atomic mass is 16.6. The minimum atomic E-state index is -0.578. The Labute approximate surface area is 121 Å². The Morgan fingerprint density at radius 2 is 2.00 bits per heavy atom. The second-order valence-corrected chi connectivity index (χ2v) is 4.19. The van der Waals surface area contributed by atoms with Gasteiger partial charge in [-0.3, -0.25) is 14.9 Å². The van der Waals surface area contributed by atoms with Gasteiger partial charge in [0.2, 0.25) is 0 Å². The number of para-hydroxylation sites is 1. The summed E-state index contributed by atoms with van der Waals surface area (Å²) in [4.78, 5) is 22.5. The first kappa shape index (κ1) is 14.5. The fourth-order valence-electron chi connectivity index (χ4n) is 1.85. The third-order valence-electron chi connectivity index (χ3n) is 2.75. The predicted octanol–water partition coefficient (Wildman–Crippen LogP) is 3.25. The normalized spacial score (nSPS) is 9.95. The molecule has 2 rings (SSSR count). The quantitative estimate of drug-likeness (QED) is 0.675. The van der Waals surface area contributed by atoms with E-state index in [1.807, 2.05) is 6.92 Å². The number of nitro benzene ring substituents is 1. The van der Waals surface area contributed by atoms with Crippen molar-refractivity contribution in [2.45, 2.75) is 6.92 Å². The van der Waals surface area contributed by atoms with Crippen LogP contribution in [0.25, 0.3) is 0 Å². The molecular weight excluding hydrogens is 272 g/mol. The maximum Gasteiger partial charge on any atom is 0.282 e. The van der Waals surface area contributed by atoms with Gasteiger partial charge in [-0.15, -0.1) is 0 Å². The lowest BCUT2D eigenvalue weighted by atomic mass is 10.1. The van der Waals surface area contributed by atoms with Crippen LogP contribution in [-0.4, -0.2) is 17.4 Å². The number of nitrogens with one attached hydrogen (secondary N) is 1. The molecule has 0 bridgehead atoms. The van der Waals surface area contributed by atoms with Crippen molar-refractivity contribution in [3.8, 4) is 5.75 Å². The van der Waals surface area contributed by atoms with Crippen LogP contribution < -0.4 is 10.1 Å². The fourth-order valence-corrected chi connectivity index (χ4v) is 1.85. The SMILES string of the molecule is CCOc1cccc(NC(=O)c2ccccc2[N+](=O)[O-])c1. The van der Waals surface area contributed by atoms with Crippen LogP contribution in [0.5, 0.6) is 5.75 Å². The molecule has 0 spiro atoms. The number of nitrogens with zero attached hydrogens (tertiary/aromatic N) is 1. The van der Waals surface area contributed by atoms with Crippen LogP contribution in [0.1, 0.15) is 17.3 Å². The van der Waals surface area contributed by atoms with Gasteiger partial charge in [0.25, 0.3) is 11.6 Å². The Balaban J connectivity index is 2.22. The van der Waals surface area contributed by atoms with E-state index < -0.39 is 10.8 Å². The maximum atomic E-state index is 12.2. The lowest BCUT2D eigenvalue weighted by Gasteiger charge is -2.08. The number of rotatable bonds is 5. The largest absolute Gasteiger partial charge is 0.494 e. The molecule has 0 aromatic heterocycles. The van der Waals surface area contributed by atoms with Crippen LogP contribution in [-0.2, 0) is 0 Å². The van der Waals surface area contributed by atoms with Crippen LogP contribution in [0.2, 0.25) is 0 Å². The van der Waals surface area contributed by atoms with Crippen LogP contribution in [0, 0.1) is 10.1 Å². The van der Waals surface area contributed by atoms with Crippen molar-refractivity contribution in [3.05, 3.63) is 64.2 Å². The van der Waals surface area contributed by atoms with Gasteiger partial charge in [0.15, 0.2) is 0 Å². The lowest BCUT2D eigenvalue weighted by molar-refractivity contribution is -0.385. The highest BCUT2D eigenvalue weighted by Crippen LogP contribution is 2.21. The maximum absolute atomic E-state index is 12.2. The lowest BCUT2D eigenvalue weighted by Crippen LogP contribution is -2.13. The highest BCUT2D eigenvalue weighted by molar-refractivity contribution is 6.07. The van der Waals surface area contributed by atoms with Gasteiger partial charge in [-0.25, -0.2) is 0 Å². The average Bonchev–Trinajstić information content (AvgIpc) is 2.48. The molecule has 2 aromatic carbocycles. The third-order valence-corrected chi connectivity index (χ3v) is 2.75. The monoisotopic (exact) mass is 286 g/mol. The molecule has 1 amide bonds. The van der Waals surface area contributed by atoms with Crippen LogP contribution >= 0.6 is 0 Å². The van der Waals surface area contributed by atoms with Crippen molar-refractivity contribution in [1.29, 1.82) is 0 Å². The number of anilines is 1. The van der Waals surface area contributed by atoms with E-state index in [0.717, 1.165) is 0 Å². The number of carbonyl (C=O) groups is 1. The molecule has 0 radical (unpaired) electrons. The molecule has 0 saturated heterocycles. The minimum Gasteiger partial charge on any atom is -0.494 e. The molecular formula is C15H14N2O4. The summed E-state index contributed by atoms with van der Waals surface area (Å²) < 4.78 is 5.34. The Hall–Kier alpha value is -2.89. The zero-order valence-electron chi connectivity index (χ0n) is 11.4. The molecule has 21 heavy (non-hydrogen) atoms. The van der Waals surface area contributed by atoms with Crippen molar-refractivity contribution in [1.82, 2.24) is 0 Å². The zero-order valence-corrected chi connectivity index (χ0v) is 11.4. The molecule has 6 heteroatoms. The van der Waals surface area contributed by atoms with Crippen molar-refractivity contribution in [3.63, 3.8) is 0 Å². The van der Waals surface area contributed by atoms with Gasteiger partial charge in [0.05, 0.1) is 11.5 Å². The summed E-state index contributed by atoms with van der Waals surface area (Å²) in [5, 5.41) is 13.6. The van der Waals surface area contributed by atoms with E-state index in [-0.39, 0.29) is 11.3 Å². The number of benzene rings is 2. The van der Waals surface area contributed by atoms with Crippen LogP contribution in [0.3, 0.4) is 0 Å². The first-order chi connectivity index (χ1) is 10.1. The van der Waals surface area contributed by atoms with E-state index in [1.54, 1.807) is 30.3 Å². The summed E-state index contributed by atoms with van der Waals surface area (Å²) >= 11 is 0. The van der Waals surface area contributed by atoms with E-state index >= 15 is 0 Å². The van der Waals surface area contributed by atoms with Gasteiger partial charge in [0, 0.05) is 17.8 Å². The van der Waals surface area contributed by atoms with Crippen LogP contribution in [0.15, 0.2) is 48.5 Å². The zero-order chi connectivity index (χ0) is 15.2. The number of hydrogen-bond donors (Lipinski definition) is 1. The Morgan fingerprint density at radius 3 is 2.71 bits per heavy atom. The standard InChI is InChI=1S/C15H14N2O4/c1-2-21-12-7-5-6-11(10-12)16-15(18)13-8-3-4-9-14(13)17(19)20/h3-10H,2H2,1H3,(H,16,18). The minimum absolute atomic E-state index is 0.0179. The van der Waals surface area contributed by atoms with Gasteiger partial charge < -0.3 is 10.1 Å². The number of carbonyl (C=O) groups excluding carboxylic acids is 1. The molecule has 6 nitrogen and oxygen atoms in total. The van der Waals surface area contributed by atoms with E-state index in [2.05, 4.69) is 5.32 Å². The molecule has 1 N–H and O–H groups in total. The molecule has 0 saturated carbocycles. The van der Waals surface area contributed by atoms with Crippen molar-refractivity contribution < 1.29 is 14.5 Å².